The molecule has 4 nitrogen and oxygen atoms in total. The molecule has 2 rings (SSSR count). The fourth-order valence-electron chi connectivity index (χ4n) is 2.53. The first-order valence-electron chi connectivity index (χ1n) is 7.53. The minimum atomic E-state index is 0.220. The van der Waals surface area contributed by atoms with Crippen molar-refractivity contribution in [1.29, 1.82) is 0 Å². The van der Waals surface area contributed by atoms with Crippen LogP contribution in [0.5, 0.6) is 0 Å². The molecule has 1 aromatic heterocycles. The maximum absolute atomic E-state index is 4.46. The van der Waals surface area contributed by atoms with Gasteiger partial charge in [-0.05, 0) is 33.0 Å². The Morgan fingerprint density at radius 3 is 2.75 bits per heavy atom. The van der Waals surface area contributed by atoms with Crippen molar-refractivity contribution in [3.05, 3.63) is 24.0 Å². The van der Waals surface area contributed by atoms with Gasteiger partial charge < -0.3 is 10.2 Å². The van der Waals surface area contributed by atoms with Gasteiger partial charge in [0.05, 0.1) is 5.69 Å². The maximum Gasteiger partial charge on any atom is 0.0562 e. The summed E-state index contributed by atoms with van der Waals surface area (Å²) in [6.45, 7) is 13.0. The van der Waals surface area contributed by atoms with Gasteiger partial charge >= 0.3 is 0 Å². The molecule has 20 heavy (non-hydrogen) atoms. The Labute approximate surface area is 123 Å². The molecule has 0 aliphatic carbocycles. The highest BCUT2D eigenvalue weighted by atomic mass is 15.3. The van der Waals surface area contributed by atoms with E-state index in [2.05, 4.69) is 67.0 Å². The second-order valence-corrected chi connectivity index (χ2v) is 6.70. The molecule has 1 N–H and O–H groups in total. The van der Waals surface area contributed by atoms with Gasteiger partial charge in [-0.2, -0.15) is 0 Å². The van der Waals surface area contributed by atoms with E-state index in [0.717, 1.165) is 31.9 Å². The van der Waals surface area contributed by atoms with Gasteiger partial charge in [0.1, 0.15) is 0 Å². The highest BCUT2D eigenvalue weighted by molar-refractivity contribution is 5.47. The Kier molecular flexibility index (Phi) is 4.66. The zero-order valence-electron chi connectivity index (χ0n) is 13.5. The van der Waals surface area contributed by atoms with Gasteiger partial charge in [-0.1, -0.05) is 13.8 Å². The normalized spacial score (nSPS) is 19.6. The Morgan fingerprint density at radius 2 is 2.10 bits per heavy atom. The van der Waals surface area contributed by atoms with Crippen LogP contribution in [0.3, 0.4) is 0 Å². The van der Waals surface area contributed by atoms with Crippen LogP contribution in [0.4, 0.5) is 5.69 Å². The van der Waals surface area contributed by atoms with Crippen molar-refractivity contribution in [2.45, 2.75) is 45.8 Å². The quantitative estimate of drug-likeness (QED) is 0.912. The number of rotatable bonds is 4. The summed E-state index contributed by atoms with van der Waals surface area (Å²) < 4.78 is 0. The summed E-state index contributed by atoms with van der Waals surface area (Å²) in [5.41, 5.74) is 2.63. The highest BCUT2D eigenvalue weighted by Crippen LogP contribution is 2.24. The second-order valence-electron chi connectivity index (χ2n) is 6.70. The van der Waals surface area contributed by atoms with E-state index in [0.29, 0.717) is 6.04 Å². The molecule has 0 saturated carbocycles. The molecule has 1 aliphatic rings. The van der Waals surface area contributed by atoms with E-state index >= 15 is 0 Å². The summed E-state index contributed by atoms with van der Waals surface area (Å²) in [5.74, 6) is 0. The first-order valence-corrected chi connectivity index (χ1v) is 7.53. The summed E-state index contributed by atoms with van der Waals surface area (Å²) in [5, 5.41) is 3.43. The summed E-state index contributed by atoms with van der Waals surface area (Å²) in [6.07, 6.45) is 1.93. The van der Waals surface area contributed by atoms with Crippen molar-refractivity contribution in [2.24, 2.45) is 0 Å². The van der Waals surface area contributed by atoms with Crippen LogP contribution < -0.4 is 10.2 Å². The third-order valence-electron chi connectivity index (χ3n) is 4.17. The molecule has 1 aromatic rings. The third-order valence-corrected chi connectivity index (χ3v) is 4.17. The molecule has 0 aromatic carbocycles. The van der Waals surface area contributed by atoms with E-state index in [1.165, 1.54) is 5.69 Å². The van der Waals surface area contributed by atoms with E-state index in [9.17, 15) is 0 Å². The van der Waals surface area contributed by atoms with Gasteiger partial charge in [0.2, 0.25) is 0 Å². The van der Waals surface area contributed by atoms with Gasteiger partial charge in [0.25, 0.3) is 0 Å². The molecule has 1 fully saturated rings. The van der Waals surface area contributed by atoms with E-state index in [1.807, 2.05) is 6.20 Å². The van der Waals surface area contributed by atoms with Crippen LogP contribution >= 0.6 is 0 Å². The molecule has 0 radical (unpaired) electrons. The topological polar surface area (TPSA) is 31.4 Å². The number of likely N-dealkylation sites (N-methyl/N-ethyl adjacent to an activating group) is 1. The Bertz CT molecular complexity index is 442. The summed E-state index contributed by atoms with van der Waals surface area (Å²) in [6, 6.07) is 4.83. The van der Waals surface area contributed by atoms with E-state index in [4.69, 9.17) is 0 Å². The number of piperazine rings is 1. The lowest BCUT2D eigenvalue weighted by atomic mass is 9.99. The van der Waals surface area contributed by atoms with Crippen LogP contribution in [0.1, 0.15) is 33.4 Å². The van der Waals surface area contributed by atoms with Crippen LogP contribution in [-0.4, -0.2) is 48.1 Å². The van der Waals surface area contributed by atoms with Crippen LogP contribution in [0.25, 0.3) is 0 Å². The van der Waals surface area contributed by atoms with Crippen LogP contribution in [0.15, 0.2) is 18.3 Å². The molecule has 112 valence electrons. The van der Waals surface area contributed by atoms with Crippen molar-refractivity contribution >= 4 is 5.69 Å². The molecule has 4 heteroatoms. The van der Waals surface area contributed by atoms with Crippen molar-refractivity contribution in [1.82, 2.24) is 15.2 Å². The van der Waals surface area contributed by atoms with Crippen molar-refractivity contribution in [2.75, 3.05) is 31.6 Å². The largest absolute Gasteiger partial charge is 0.368 e. The smallest absolute Gasteiger partial charge is 0.0562 e. The van der Waals surface area contributed by atoms with Crippen LogP contribution in [-0.2, 0) is 6.54 Å². The first kappa shape index (κ1) is 15.3. The number of nitrogens with one attached hydrogen (secondary N) is 1. The lowest BCUT2D eigenvalue weighted by Crippen LogP contribution is -2.57. The first-order chi connectivity index (χ1) is 9.38. The van der Waals surface area contributed by atoms with Crippen molar-refractivity contribution in [3.8, 4) is 0 Å². The second kappa shape index (κ2) is 6.10. The summed E-state index contributed by atoms with van der Waals surface area (Å²) in [4.78, 5) is 9.37. The summed E-state index contributed by atoms with van der Waals surface area (Å²) in [7, 11) is 2.21. The van der Waals surface area contributed by atoms with Gasteiger partial charge in [0, 0.05) is 49.6 Å². The Balaban J connectivity index is 2.07. The fourth-order valence-corrected chi connectivity index (χ4v) is 2.53. The number of hydrogen-bond donors (Lipinski definition) is 1. The predicted octanol–water partition coefficient (Wildman–Crippen LogP) is 2.11. The van der Waals surface area contributed by atoms with Gasteiger partial charge in [-0.3, -0.25) is 9.88 Å². The van der Waals surface area contributed by atoms with Crippen molar-refractivity contribution < 1.29 is 0 Å². The minimum Gasteiger partial charge on any atom is -0.368 e. The number of pyridine rings is 1. The zero-order chi connectivity index (χ0) is 14.8. The average Bonchev–Trinajstić information content (AvgIpc) is 2.40. The van der Waals surface area contributed by atoms with Crippen LogP contribution in [0, 0.1) is 0 Å². The van der Waals surface area contributed by atoms with Crippen molar-refractivity contribution in [3.63, 3.8) is 0 Å². The average molecular weight is 276 g/mol. The minimum absolute atomic E-state index is 0.220. The molecule has 1 saturated heterocycles. The predicted molar refractivity (Wildman–Crippen MR) is 85.1 cm³/mol. The summed E-state index contributed by atoms with van der Waals surface area (Å²) >= 11 is 0. The van der Waals surface area contributed by atoms with Crippen LogP contribution in [0.2, 0.25) is 0 Å². The molecule has 0 bridgehead atoms. The van der Waals surface area contributed by atoms with E-state index in [-0.39, 0.29) is 5.54 Å². The molecular formula is C16H28N4. The molecule has 0 atom stereocenters. The zero-order valence-corrected chi connectivity index (χ0v) is 13.5. The SMILES string of the molecule is CC(C)NCc1cc(N2CCN(C)C(C)(C)C2)ccn1. The molecule has 0 spiro atoms. The molecule has 1 aliphatic heterocycles. The van der Waals surface area contributed by atoms with Gasteiger partial charge in [-0.15, -0.1) is 0 Å². The number of aromatic nitrogens is 1. The number of hydrogen-bond acceptors (Lipinski definition) is 4. The number of nitrogens with zero attached hydrogens (tertiary/aromatic N) is 3. The van der Waals surface area contributed by atoms with E-state index < -0.39 is 0 Å². The van der Waals surface area contributed by atoms with E-state index in [1.54, 1.807) is 0 Å². The third kappa shape index (κ3) is 3.70. The highest BCUT2D eigenvalue weighted by Gasteiger charge is 2.31. The van der Waals surface area contributed by atoms with Gasteiger partial charge in [0.15, 0.2) is 0 Å². The molecule has 0 amide bonds. The Hall–Kier alpha value is -1.13. The monoisotopic (exact) mass is 276 g/mol. The van der Waals surface area contributed by atoms with Gasteiger partial charge in [-0.25, -0.2) is 0 Å². The molecule has 0 unspecified atom stereocenters. The lowest BCUT2D eigenvalue weighted by molar-refractivity contribution is 0.139. The lowest BCUT2D eigenvalue weighted by Gasteiger charge is -2.46. The maximum atomic E-state index is 4.46. The number of anilines is 1. The molecular weight excluding hydrogens is 248 g/mol. The Morgan fingerprint density at radius 1 is 1.35 bits per heavy atom. The fraction of sp³-hybridized carbons (Fsp3) is 0.688. The molecule has 2 heterocycles. The standard InChI is InChI=1S/C16H28N4/c1-13(2)18-11-14-10-15(6-7-17-14)20-9-8-19(5)16(3,4)12-20/h6-7,10,13,18H,8-9,11-12H2,1-5H3.